The average molecular weight is 322 g/mol. The van der Waals surface area contributed by atoms with Gasteiger partial charge in [0.1, 0.15) is 0 Å². The van der Waals surface area contributed by atoms with Crippen LogP contribution in [0.2, 0.25) is 0 Å². The summed E-state index contributed by atoms with van der Waals surface area (Å²) >= 11 is 0. The van der Waals surface area contributed by atoms with E-state index in [2.05, 4.69) is 44.6 Å². The van der Waals surface area contributed by atoms with Gasteiger partial charge in [-0.1, -0.05) is 15.9 Å². The van der Waals surface area contributed by atoms with Gasteiger partial charge in [-0.15, -0.1) is 44.6 Å². The molecule has 0 saturated carbocycles. The van der Waals surface area contributed by atoms with Crippen molar-refractivity contribution in [2.45, 2.75) is 0 Å². The van der Waals surface area contributed by atoms with Crippen LogP contribution in [0.3, 0.4) is 0 Å². The van der Waals surface area contributed by atoms with E-state index in [1.54, 1.807) is 0 Å². The molecule has 0 heterocycles. The van der Waals surface area contributed by atoms with Gasteiger partial charge in [-0.25, -0.2) is 0 Å². The van der Waals surface area contributed by atoms with Crippen molar-refractivity contribution in [2.24, 2.45) is 0 Å². The molecule has 0 radical (unpaired) electrons. The number of rotatable bonds is 4. The van der Waals surface area contributed by atoms with Crippen LogP contribution in [0.15, 0.2) is 0 Å². The average Bonchev–Trinajstić information content (AvgIpc) is 1.88. The molecule has 9 atom stereocenters. The van der Waals surface area contributed by atoms with E-state index in [-0.39, 0.29) is 14.0 Å². The molecule has 9 unspecified atom stereocenters. The number of hydrogen-bond acceptors (Lipinski definition) is 0. The van der Waals surface area contributed by atoms with Gasteiger partial charge in [0.2, 0.25) is 0 Å². The summed E-state index contributed by atoms with van der Waals surface area (Å²) in [5.41, 5.74) is 0. The zero-order valence-corrected chi connectivity index (χ0v) is 15.7. The highest BCUT2D eigenvalue weighted by atomic mass is 33.2. The summed E-state index contributed by atoms with van der Waals surface area (Å²) in [6, 6.07) is 0. The van der Waals surface area contributed by atoms with Crippen LogP contribution in [0, 0.1) is 0 Å². The van der Waals surface area contributed by atoms with E-state index in [1.165, 1.54) is 0 Å². The first kappa shape index (κ1) is 14.3. The van der Waals surface area contributed by atoms with E-state index in [9.17, 15) is 0 Å². The molecule has 0 aromatic heterocycles. The first-order valence-corrected chi connectivity index (χ1v) is 19.8. The summed E-state index contributed by atoms with van der Waals surface area (Å²) in [6.45, 7) is 0.774. The largest absolute Gasteiger partial charge is 0.109 e. The van der Waals surface area contributed by atoms with Gasteiger partial charge < -0.3 is 0 Å². The predicted octanol–water partition coefficient (Wildman–Crippen LogP) is 5.40. The number of hydrogen-bond donors (Lipinski definition) is 0. The lowest BCUT2D eigenvalue weighted by atomic mass is 28.8. The van der Waals surface area contributed by atoms with E-state index in [0.717, 1.165) is 15.9 Å². The van der Waals surface area contributed by atoms with Crippen molar-refractivity contribution >= 4 is 81.5 Å². The Morgan fingerprint density at radius 3 is 1.50 bits per heavy atom. The lowest BCUT2D eigenvalue weighted by Gasteiger charge is -2.24. The summed E-state index contributed by atoms with van der Waals surface area (Å²) in [5, 5.41) is 0. The predicted molar refractivity (Wildman–Crippen MR) is 85.9 cm³/mol. The molecule has 0 aliphatic rings. The summed E-state index contributed by atoms with van der Waals surface area (Å²) in [7, 11) is 16.9. The molecule has 10 heavy (non-hydrogen) atoms. The normalized spacial score (nSPS) is 19.8. The van der Waals surface area contributed by atoms with Crippen LogP contribution < -0.4 is 0 Å². The molecule has 0 saturated heterocycles. The van der Waals surface area contributed by atoms with Gasteiger partial charge in [0, 0.05) is 0 Å². The van der Waals surface area contributed by atoms with Crippen molar-refractivity contribution < 1.29 is 0 Å². The third-order valence-electron chi connectivity index (χ3n) is 0.671. The zero-order valence-electron chi connectivity index (χ0n) is 5.23. The Labute approximate surface area is 81.4 Å². The molecule has 0 spiro atoms. The smallest absolute Gasteiger partial charge is 0.0139 e. The first-order valence-electron chi connectivity index (χ1n) is 2.20. The molecule has 0 nitrogen and oxygen atoms in total. The molecular formula is H12P10. The summed E-state index contributed by atoms with van der Waals surface area (Å²) in [6.07, 6.45) is 0. The minimum atomic E-state index is 0.182. The molecule has 0 aromatic rings. The second-order valence-electron chi connectivity index (χ2n) is 1.27. The maximum atomic E-state index is 3.03. The Kier molecular flexibility index (Phi) is 12.3. The maximum Gasteiger partial charge on any atom is -0.0139 e. The Balaban J connectivity index is 3.80. The minimum absolute atomic E-state index is 0.182. The molecule has 10 heteroatoms. The van der Waals surface area contributed by atoms with Gasteiger partial charge in [0.15, 0.2) is 0 Å². The van der Waals surface area contributed by atoms with E-state index in [0.29, 0.717) is 6.99 Å². The SMILES string of the molecule is PPP(P)P(PP)P(P)P. The van der Waals surface area contributed by atoms with Crippen molar-refractivity contribution in [1.82, 2.24) is 0 Å². The lowest BCUT2D eigenvalue weighted by Crippen LogP contribution is -1.34. The summed E-state index contributed by atoms with van der Waals surface area (Å²) < 4.78 is 0. The van der Waals surface area contributed by atoms with E-state index >= 15 is 0 Å². The third kappa shape index (κ3) is 5.91. The maximum absolute atomic E-state index is 3.03. The highest BCUT2D eigenvalue weighted by Gasteiger charge is 2.16. The molecule has 0 amide bonds. The Morgan fingerprint density at radius 2 is 1.40 bits per heavy atom. The van der Waals surface area contributed by atoms with Crippen molar-refractivity contribution in [2.75, 3.05) is 0 Å². The summed E-state index contributed by atoms with van der Waals surface area (Å²) in [4.78, 5) is 0. The van der Waals surface area contributed by atoms with Crippen molar-refractivity contribution in [1.29, 1.82) is 0 Å². The van der Waals surface area contributed by atoms with E-state index < -0.39 is 0 Å². The van der Waals surface area contributed by atoms with Gasteiger partial charge in [-0.05, 0) is 21.0 Å². The summed E-state index contributed by atoms with van der Waals surface area (Å²) in [5.74, 6) is 0. The van der Waals surface area contributed by atoms with Crippen LogP contribution in [0.1, 0.15) is 0 Å². The third-order valence-corrected chi connectivity index (χ3v) is 54.3. The molecule has 0 rings (SSSR count). The molecular weight excluding hydrogens is 310 g/mol. The fourth-order valence-electron chi connectivity index (χ4n) is 0.295. The molecule has 0 aliphatic carbocycles. The van der Waals surface area contributed by atoms with Crippen LogP contribution in [-0.4, -0.2) is 0 Å². The minimum Gasteiger partial charge on any atom is -0.109 e. The molecule has 0 fully saturated rings. The highest BCUT2D eigenvalue weighted by Crippen LogP contribution is 3.07. The standard InChI is InChI=1S/H12P10/c1-6-9(5)10(7-2)8(3)4/h6-7H,1-5H2. The molecule has 0 N–H and O–H groups in total. The van der Waals surface area contributed by atoms with Crippen LogP contribution in [-0.2, 0) is 0 Å². The first-order chi connectivity index (χ1) is 4.63. The van der Waals surface area contributed by atoms with Gasteiger partial charge in [0.25, 0.3) is 0 Å². The Hall–Kier alpha value is 4.30. The van der Waals surface area contributed by atoms with Gasteiger partial charge in [0.05, 0.1) is 0 Å². The topological polar surface area (TPSA) is 0 Å². The van der Waals surface area contributed by atoms with Crippen LogP contribution in [0.5, 0.6) is 0 Å². The van der Waals surface area contributed by atoms with Crippen molar-refractivity contribution in [3.8, 4) is 0 Å². The van der Waals surface area contributed by atoms with Crippen LogP contribution in [0.4, 0.5) is 0 Å². The molecule has 62 valence electrons. The van der Waals surface area contributed by atoms with Crippen molar-refractivity contribution in [3.05, 3.63) is 0 Å². The second kappa shape index (κ2) is 8.60. The Morgan fingerprint density at radius 1 is 0.900 bits per heavy atom. The fourth-order valence-corrected chi connectivity index (χ4v) is 71.6. The Bertz CT molecular complexity index is 74.1. The van der Waals surface area contributed by atoms with E-state index in [1.807, 2.05) is 0 Å². The zero-order chi connectivity index (χ0) is 8.15. The van der Waals surface area contributed by atoms with Gasteiger partial charge in [-0.3, -0.25) is 0 Å². The van der Waals surface area contributed by atoms with Crippen LogP contribution in [0.25, 0.3) is 0 Å². The molecule has 0 aliphatic heterocycles. The monoisotopic (exact) mass is 322 g/mol. The molecule has 0 bridgehead atoms. The fraction of sp³-hybridized carbons (Fsp3) is 0. The second-order valence-corrected chi connectivity index (χ2v) is 34.4. The lowest BCUT2D eigenvalue weighted by molar-refractivity contribution is 4.72. The molecule has 0 aromatic carbocycles. The van der Waals surface area contributed by atoms with Gasteiger partial charge >= 0.3 is 0 Å². The van der Waals surface area contributed by atoms with Crippen molar-refractivity contribution in [3.63, 3.8) is 0 Å². The highest BCUT2D eigenvalue weighted by molar-refractivity contribution is 9.13. The van der Waals surface area contributed by atoms with Gasteiger partial charge in [-0.2, -0.15) is 0 Å². The van der Waals surface area contributed by atoms with Crippen LogP contribution >= 0.6 is 81.5 Å². The quantitative estimate of drug-likeness (QED) is 0.608. The van der Waals surface area contributed by atoms with E-state index in [4.69, 9.17) is 0 Å².